The summed E-state index contributed by atoms with van der Waals surface area (Å²) in [6, 6.07) is 3.61. The summed E-state index contributed by atoms with van der Waals surface area (Å²) in [6.07, 6.45) is 3.97. The van der Waals surface area contributed by atoms with Gasteiger partial charge in [-0.15, -0.1) is 11.3 Å². The Hall–Kier alpha value is -1.39. The van der Waals surface area contributed by atoms with Crippen LogP contribution in [0.2, 0.25) is 5.02 Å². The van der Waals surface area contributed by atoms with Gasteiger partial charge in [-0.2, -0.15) is 0 Å². The summed E-state index contributed by atoms with van der Waals surface area (Å²) in [5, 5.41) is 5.17. The third kappa shape index (κ3) is 2.65. The van der Waals surface area contributed by atoms with Crippen LogP contribution in [0.3, 0.4) is 0 Å². The van der Waals surface area contributed by atoms with Gasteiger partial charge in [-0.1, -0.05) is 18.5 Å². The molecule has 1 amide bonds. The van der Waals surface area contributed by atoms with Gasteiger partial charge in [0, 0.05) is 6.20 Å². The molecule has 0 aromatic carbocycles. The molecule has 5 heteroatoms. The predicted molar refractivity (Wildman–Crippen MR) is 70.9 cm³/mol. The zero-order valence-corrected chi connectivity index (χ0v) is 10.8. The van der Waals surface area contributed by atoms with Crippen LogP contribution in [-0.4, -0.2) is 10.9 Å². The van der Waals surface area contributed by atoms with Crippen molar-refractivity contribution in [1.82, 2.24) is 4.98 Å². The van der Waals surface area contributed by atoms with Crippen LogP contribution < -0.4 is 5.32 Å². The van der Waals surface area contributed by atoms with Gasteiger partial charge >= 0.3 is 0 Å². The van der Waals surface area contributed by atoms with Gasteiger partial charge in [0.1, 0.15) is 0 Å². The lowest BCUT2D eigenvalue weighted by Gasteiger charge is -2.06. The quantitative estimate of drug-likeness (QED) is 0.922. The molecule has 2 rings (SSSR count). The van der Waals surface area contributed by atoms with E-state index in [1.807, 2.05) is 18.4 Å². The van der Waals surface area contributed by atoms with Gasteiger partial charge in [-0.05, 0) is 29.5 Å². The summed E-state index contributed by atoms with van der Waals surface area (Å²) in [5.74, 6) is -0.133. The number of carbonyl (C=O) groups excluding carboxylic acids is 1. The van der Waals surface area contributed by atoms with Gasteiger partial charge in [0.25, 0.3) is 5.91 Å². The second-order valence-corrected chi connectivity index (χ2v) is 4.76. The first kappa shape index (κ1) is 12.1. The number of halogens is 1. The molecule has 3 nitrogen and oxygen atoms in total. The Morgan fingerprint density at radius 1 is 1.53 bits per heavy atom. The van der Waals surface area contributed by atoms with E-state index < -0.39 is 0 Å². The van der Waals surface area contributed by atoms with Crippen molar-refractivity contribution in [3.05, 3.63) is 45.4 Å². The Balaban J connectivity index is 2.20. The molecule has 88 valence electrons. The number of nitrogens with one attached hydrogen (secondary N) is 1. The first-order chi connectivity index (χ1) is 8.22. The second kappa shape index (κ2) is 5.29. The Labute approximate surface area is 108 Å². The number of pyridine rings is 1. The van der Waals surface area contributed by atoms with Crippen LogP contribution in [0.15, 0.2) is 29.9 Å². The standard InChI is InChI=1S/C12H11ClN2OS/c1-2-8-4-6-17-11(8)12(16)15-10-7-14-5-3-9(10)13/h3-7H,2H2,1H3,(H,15,16). The van der Waals surface area contributed by atoms with E-state index in [1.54, 1.807) is 18.5 Å². The number of anilines is 1. The minimum absolute atomic E-state index is 0.133. The summed E-state index contributed by atoms with van der Waals surface area (Å²) >= 11 is 7.38. The SMILES string of the molecule is CCc1ccsc1C(=O)Nc1cnccc1Cl. The lowest BCUT2D eigenvalue weighted by Crippen LogP contribution is -2.12. The van der Waals surface area contributed by atoms with Gasteiger partial charge in [-0.3, -0.25) is 9.78 Å². The van der Waals surface area contributed by atoms with Crippen LogP contribution in [0.4, 0.5) is 5.69 Å². The Morgan fingerprint density at radius 3 is 3.06 bits per heavy atom. The largest absolute Gasteiger partial charge is 0.319 e. The molecule has 2 heterocycles. The van der Waals surface area contributed by atoms with E-state index in [9.17, 15) is 4.79 Å². The molecular formula is C12H11ClN2OS. The third-order valence-corrected chi connectivity index (χ3v) is 3.64. The van der Waals surface area contributed by atoms with E-state index in [2.05, 4.69) is 10.3 Å². The van der Waals surface area contributed by atoms with E-state index >= 15 is 0 Å². The number of hydrogen-bond donors (Lipinski definition) is 1. The van der Waals surface area contributed by atoms with E-state index in [0.29, 0.717) is 10.7 Å². The summed E-state index contributed by atoms with van der Waals surface area (Å²) in [5.41, 5.74) is 1.59. The van der Waals surface area contributed by atoms with Crippen molar-refractivity contribution in [1.29, 1.82) is 0 Å². The molecule has 0 aliphatic carbocycles. The van der Waals surface area contributed by atoms with Crippen molar-refractivity contribution in [2.75, 3.05) is 5.32 Å². The van der Waals surface area contributed by atoms with Crippen molar-refractivity contribution >= 4 is 34.5 Å². The minimum atomic E-state index is -0.133. The number of rotatable bonds is 3. The average molecular weight is 267 g/mol. The summed E-state index contributed by atoms with van der Waals surface area (Å²) in [4.78, 5) is 16.7. The van der Waals surface area contributed by atoms with E-state index in [0.717, 1.165) is 16.9 Å². The van der Waals surface area contributed by atoms with Crippen LogP contribution in [-0.2, 0) is 6.42 Å². The highest BCUT2D eigenvalue weighted by Gasteiger charge is 2.13. The fraction of sp³-hybridized carbons (Fsp3) is 0.167. The number of thiophene rings is 1. The van der Waals surface area contributed by atoms with Crippen LogP contribution in [0.5, 0.6) is 0 Å². The Morgan fingerprint density at radius 2 is 2.35 bits per heavy atom. The molecule has 2 aromatic rings. The zero-order valence-electron chi connectivity index (χ0n) is 9.24. The van der Waals surface area contributed by atoms with Crippen molar-refractivity contribution < 1.29 is 4.79 Å². The van der Waals surface area contributed by atoms with Crippen molar-refractivity contribution in [2.45, 2.75) is 13.3 Å². The van der Waals surface area contributed by atoms with Crippen molar-refractivity contribution in [3.63, 3.8) is 0 Å². The summed E-state index contributed by atoms with van der Waals surface area (Å²) in [6.45, 7) is 2.02. The number of hydrogen-bond acceptors (Lipinski definition) is 3. The average Bonchev–Trinajstić information content (AvgIpc) is 2.80. The summed E-state index contributed by atoms with van der Waals surface area (Å²) < 4.78 is 0. The van der Waals surface area contributed by atoms with Gasteiger partial charge in [0.15, 0.2) is 0 Å². The topological polar surface area (TPSA) is 42.0 Å². The molecule has 0 fully saturated rings. The smallest absolute Gasteiger partial charge is 0.266 e. The molecule has 17 heavy (non-hydrogen) atoms. The highest BCUT2D eigenvalue weighted by molar-refractivity contribution is 7.12. The first-order valence-corrected chi connectivity index (χ1v) is 6.45. The fourth-order valence-corrected chi connectivity index (χ4v) is 2.50. The Kier molecular flexibility index (Phi) is 3.76. The van der Waals surface area contributed by atoms with E-state index in [-0.39, 0.29) is 5.91 Å². The number of nitrogens with zero attached hydrogens (tertiary/aromatic N) is 1. The molecule has 0 bridgehead atoms. The van der Waals surface area contributed by atoms with Gasteiger partial charge < -0.3 is 5.32 Å². The van der Waals surface area contributed by atoms with Crippen molar-refractivity contribution in [3.8, 4) is 0 Å². The molecule has 0 atom stereocenters. The van der Waals surface area contributed by atoms with Crippen LogP contribution in [0.1, 0.15) is 22.2 Å². The number of amides is 1. The van der Waals surface area contributed by atoms with Crippen LogP contribution in [0.25, 0.3) is 0 Å². The molecular weight excluding hydrogens is 256 g/mol. The Bertz CT molecular complexity index is 539. The van der Waals surface area contributed by atoms with Gasteiger partial charge in [-0.25, -0.2) is 0 Å². The highest BCUT2D eigenvalue weighted by Crippen LogP contribution is 2.23. The first-order valence-electron chi connectivity index (χ1n) is 5.19. The number of aryl methyl sites for hydroxylation is 1. The monoisotopic (exact) mass is 266 g/mol. The molecule has 0 saturated carbocycles. The second-order valence-electron chi connectivity index (χ2n) is 3.44. The van der Waals surface area contributed by atoms with E-state index in [4.69, 9.17) is 11.6 Å². The fourth-order valence-electron chi connectivity index (χ4n) is 1.46. The van der Waals surface area contributed by atoms with E-state index in [1.165, 1.54) is 11.3 Å². The van der Waals surface area contributed by atoms with Gasteiger partial charge in [0.05, 0.1) is 21.8 Å². The molecule has 0 aliphatic heterocycles. The minimum Gasteiger partial charge on any atom is -0.319 e. The zero-order chi connectivity index (χ0) is 12.3. The van der Waals surface area contributed by atoms with Crippen LogP contribution >= 0.6 is 22.9 Å². The molecule has 0 unspecified atom stereocenters. The highest BCUT2D eigenvalue weighted by atomic mass is 35.5. The van der Waals surface area contributed by atoms with Crippen molar-refractivity contribution in [2.24, 2.45) is 0 Å². The molecule has 2 aromatic heterocycles. The number of carbonyl (C=O) groups is 1. The maximum atomic E-state index is 12.0. The van der Waals surface area contributed by atoms with Gasteiger partial charge in [0.2, 0.25) is 0 Å². The van der Waals surface area contributed by atoms with Crippen LogP contribution in [0, 0.1) is 0 Å². The molecule has 0 aliphatic rings. The molecule has 0 spiro atoms. The molecule has 1 N–H and O–H groups in total. The molecule has 0 radical (unpaired) electrons. The predicted octanol–water partition coefficient (Wildman–Crippen LogP) is 3.61. The molecule has 0 saturated heterocycles. The lowest BCUT2D eigenvalue weighted by atomic mass is 10.2. The maximum absolute atomic E-state index is 12.0. The lowest BCUT2D eigenvalue weighted by molar-refractivity contribution is 0.103. The normalized spacial score (nSPS) is 10.2. The summed E-state index contributed by atoms with van der Waals surface area (Å²) in [7, 11) is 0. The maximum Gasteiger partial charge on any atom is 0.266 e. The number of aromatic nitrogens is 1. The third-order valence-electron chi connectivity index (χ3n) is 2.35.